The number of carbonyl (C=O) groups excluding carboxylic acids is 1. The molecule has 7 heteroatoms. The van der Waals surface area contributed by atoms with Crippen molar-refractivity contribution in [2.45, 2.75) is 25.9 Å². The van der Waals surface area contributed by atoms with Gasteiger partial charge in [0.05, 0.1) is 17.8 Å². The third-order valence-corrected chi connectivity index (χ3v) is 4.33. The lowest BCUT2D eigenvalue weighted by atomic mass is 10.3. The monoisotopic (exact) mass is 321 g/mol. The van der Waals surface area contributed by atoms with Gasteiger partial charge in [-0.15, -0.1) is 0 Å². The van der Waals surface area contributed by atoms with E-state index in [-0.39, 0.29) is 17.9 Å². The van der Waals surface area contributed by atoms with Gasteiger partial charge in [-0.25, -0.2) is 4.98 Å². The number of nitrogens with zero attached hydrogens (tertiary/aromatic N) is 3. The summed E-state index contributed by atoms with van der Waals surface area (Å²) in [6.07, 6.45) is 2.22. The van der Waals surface area contributed by atoms with Gasteiger partial charge < -0.3 is 9.64 Å². The van der Waals surface area contributed by atoms with Crippen LogP contribution in [-0.4, -0.2) is 40.0 Å². The second-order valence-corrected chi connectivity index (χ2v) is 5.86. The zero-order chi connectivity index (χ0) is 15.5. The Hall–Kier alpha value is -2.02. The average Bonchev–Trinajstić information content (AvgIpc) is 3.20. The van der Waals surface area contributed by atoms with E-state index < -0.39 is 5.82 Å². The molecule has 22 heavy (non-hydrogen) atoms. The Morgan fingerprint density at radius 1 is 1.55 bits per heavy atom. The first-order chi connectivity index (χ1) is 10.7. The number of hydrogen-bond acceptors (Lipinski definition) is 5. The molecule has 0 spiro atoms. The number of aromatic nitrogens is 2. The second kappa shape index (κ2) is 6.39. The van der Waals surface area contributed by atoms with Gasteiger partial charge in [0.1, 0.15) is 12.4 Å². The van der Waals surface area contributed by atoms with E-state index in [1.54, 1.807) is 11.0 Å². The molecule has 2 aromatic rings. The molecule has 0 aromatic carbocycles. The highest BCUT2D eigenvalue weighted by Gasteiger charge is 2.29. The highest BCUT2D eigenvalue weighted by Crippen LogP contribution is 2.22. The molecule has 1 fully saturated rings. The molecule has 1 unspecified atom stereocenters. The van der Waals surface area contributed by atoms with Crippen molar-refractivity contribution < 1.29 is 13.9 Å². The van der Waals surface area contributed by atoms with Crippen LogP contribution in [0, 0.1) is 5.82 Å². The molecular weight excluding hydrogens is 305 g/mol. The lowest BCUT2D eigenvalue weighted by Crippen LogP contribution is -2.30. The van der Waals surface area contributed by atoms with Crippen LogP contribution in [0.5, 0.6) is 5.88 Å². The van der Waals surface area contributed by atoms with E-state index in [0.29, 0.717) is 37.2 Å². The Morgan fingerprint density at radius 2 is 2.41 bits per heavy atom. The van der Waals surface area contributed by atoms with Crippen molar-refractivity contribution in [2.24, 2.45) is 0 Å². The fraction of sp³-hybridized carbons (Fsp3) is 0.400. The number of carbonyl (C=O) groups is 1. The van der Waals surface area contributed by atoms with Crippen LogP contribution in [0.15, 0.2) is 23.2 Å². The number of amides is 1. The Balaban J connectivity index is 1.65. The number of hydrogen-bond donors (Lipinski definition) is 0. The molecule has 1 aliphatic heterocycles. The van der Waals surface area contributed by atoms with Crippen LogP contribution in [0.1, 0.15) is 29.4 Å². The minimum absolute atomic E-state index is 0.00948. The number of likely N-dealkylation sites (tertiary alicyclic amines) is 1. The Bertz CT molecular complexity index is 663. The molecule has 0 bridgehead atoms. The van der Waals surface area contributed by atoms with Crippen molar-refractivity contribution in [3.05, 3.63) is 40.2 Å². The van der Waals surface area contributed by atoms with Gasteiger partial charge in [-0.3, -0.25) is 4.79 Å². The van der Waals surface area contributed by atoms with E-state index in [1.807, 2.05) is 17.7 Å². The summed E-state index contributed by atoms with van der Waals surface area (Å²) in [4.78, 5) is 21.7. The van der Waals surface area contributed by atoms with Crippen molar-refractivity contribution >= 4 is 17.2 Å². The molecular formula is C15H16FN3O2S. The van der Waals surface area contributed by atoms with Crippen LogP contribution in [0.2, 0.25) is 0 Å². The summed E-state index contributed by atoms with van der Waals surface area (Å²) in [5.74, 6) is -0.543. The minimum atomic E-state index is -0.507. The molecule has 1 atom stereocenters. The molecule has 3 rings (SSSR count). The SMILES string of the molecule is CCc1ncnc(OC2CCN(C(=O)c3ccsc3)C2)c1F. The molecule has 1 saturated heterocycles. The maximum atomic E-state index is 14.1. The Morgan fingerprint density at radius 3 is 3.14 bits per heavy atom. The summed E-state index contributed by atoms with van der Waals surface area (Å²) < 4.78 is 19.7. The van der Waals surface area contributed by atoms with E-state index in [0.717, 1.165) is 0 Å². The zero-order valence-corrected chi connectivity index (χ0v) is 13.0. The van der Waals surface area contributed by atoms with Gasteiger partial charge >= 0.3 is 0 Å². The molecule has 5 nitrogen and oxygen atoms in total. The summed E-state index contributed by atoms with van der Waals surface area (Å²) in [5, 5.41) is 3.70. The number of halogens is 1. The molecule has 2 aromatic heterocycles. The van der Waals surface area contributed by atoms with Crippen LogP contribution in [0.4, 0.5) is 4.39 Å². The zero-order valence-electron chi connectivity index (χ0n) is 12.2. The van der Waals surface area contributed by atoms with Crippen LogP contribution in [-0.2, 0) is 6.42 Å². The molecule has 0 radical (unpaired) electrons. The lowest BCUT2D eigenvalue weighted by Gasteiger charge is -2.16. The van der Waals surface area contributed by atoms with Crippen LogP contribution >= 0.6 is 11.3 Å². The van der Waals surface area contributed by atoms with Crippen LogP contribution < -0.4 is 4.74 Å². The van der Waals surface area contributed by atoms with E-state index in [2.05, 4.69) is 9.97 Å². The normalized spacial score (nSPS) is 17.7. The van der Waals surface area contributed by atoms with Gasteiger partial charge in [0.25, 0.3) is 11.8 Å². The third-order valence-electron chi connectivity index (χ3n) is 3.64. The Labute approximate surface area is 131 Å². The van der Waals surface area contributed by atoms with Crippen LogP contribution in [0.25, 0.3) is 0 Å². The average molecular weight is 321 g/mol. The maximum Gasteiger partial charge on any atom is 0.254 e. The lowest BCUT2D eigenvalue weighted by molar-refractivity contribution is 0.0770. The van der Waals surface area contributed by atoms with Crippen molar-refractivity contribution in [1.82, 2.24) is 14.9 Å². The summed E-state index contributed by atoms with van der Waals surface area (Å²) in [6.45, 7) is 2.87. The maximum absolute atomic E-state index is 14.1. The van der Waals surface area contributed by atoms with Crippen molar-refractivity contribution in [1.29, 1.82) is 0 Å². The Kier molecular flexibility index (Phi) is 4.33. The van der Waals surface area contributed by atoms with Gasteiger partial charge in [-0.05, 0) is 17.9 Å². The summed E-state index contributed by atoms with van der Waals surface area (Å²) in [5.41, 5.74) is 1.03. The van der Waals surface area contributed by atoms with Gasteiger partial charge in [0, 0.05) is 18.3 Å². The molecule has 1 amide bonds. The summed E-state index contributed by atoms with van der Waals surface area (Å²) >= 11 is 1.49. The van der Waals surface area contributed by atoms with Crippen molar-refractivity contribution in [2.75, 3.05) is 13.1 Å². The second-order valence-electron chi connectivity index (χ2n) is 5.08. The van der Waals surface area contributed by atoms with Gasteiger partial charge in [-0.2, -0.15) is 20.7 Å². The fourth-order valence-corrected chi connectivity index (χ4v) is 3.08. The summed E-state index contributed by atoms with van der Waals surface area (Å²) in [7, 11) is 0. The smallest absolute Gasteiger partial charge is 0.254 e. The molecule has 116 valence electrons. The van der Waals surface area contributed by atoms with E-state index in [1.165, 1.54) is 17.7 Å². The highest BCUT2D eigenvalue weighted by molar-refractivity contribution is 7.08. The first kappa shape index (κ1) is 14.9. The fourth-order valence-electron chi connectivity index (χ4n) is 2.45. The minimum Gasteiger partial charge on any atom is -0.470 e. The van der Waals surface area contributed by atoms with Gasteiger partial charge in [0.2, 0.25) is 5.82 Å². The first-order valence-electron chi connectivity index (χ1n) is 7.16. The van der Waals surface area contributed by atoms with Gasteiger partial charge in [0.15, 0.2) is 0 Å². The molecule has 3 heterocycles. The standard InChI is InChI=1S/C15H16FN3O2S/c1-2-12-13(16)14(18-9-17-12)21-11-3-5-19(7-11)15(20)10-4-6-22-8-10/h4,6,8-9,11H,2-3,5,7H2,1H3. The first-order valence-corrected chi connectivity index (χ1v) is 8.10. The number of thiophene rings is 1. The van der Waals surface area contributed by atoms with E-state index in [4.69, 9.17) is 4.74 Å². The predicted molar refractivity (Wildman–Crippen MR) is 80.6 cm³/mol. The number of rotatable bonds is 4. The number of ether oxygens (including phenoxy) is 1. The van der Waals surface area contributed by atoms with E-state index in [9.17, 15) is 9.18 Å². The van der Waals surface area contributed by atoms with Crippen molar-refractivity contribution in [3.63, 3.8) is 0 Å². The topological polar surface area (TPSA) is 55.3 Å². The molecule has 0 N–H and O–H groups in total. The number of aryl methyl sites for hydroxylation is 1. The van der Waals surface area contributed by atoms with Crippen molar-refractivity contribution in [3.8, 4) is 5.88 Å². The van der Waals surface area contributed by atoms with Crippen LogP contribution in [0.3, 0.4) is 0 Å². The molecule has 1 aliphatic rings. The third kappa shape index (κ3) is 2.94. The summed E-state index contributed by atoms with van der Waals surface area (Å²) in [6, 6.07) is 1.80. The van der Waals surface area contributed by atoms with E-state index >= 15 is 0 Å². The molecule has 0 saturated carbocycles. The quantitative estimate of drug-likeness (QED) is 0.868. The largest absolute Gasteiger partial charge is 0.470 e. The molecule has 0 aliphatic carbocycles. The predicted octanol–water partition coefficient (Wildman–Crippen LogP) is 2.53. The highest BCUT2D eigenvalue weighted by atomic mass is 32.1. The van der Waals surface area contributed by atoms with Gasteiger partial charge in [-0.1, -0.05) is 6.92 Å².